The molecule has 1 heterocycles. The molecule has 0 saturated carbocycles. The van der Waals surface area contributed by atoms with E-state index in [4.69, 9.17) is 5.73 Å². The van der Waals surface area contributed by atoms with Crippen LogP contribution < -0.4 is 11.1 Å². The minimum Gasteiger partial charge on any atom is -0.368 e. The summed E-state index contributed by atoms with van der Waals surface area (Å²) < 4.78 is 13.5. The number of hydrogen-bond donors (Lipinski definition) is 2. The molecule has 2 aromatic rings. The van der Waals surface area contributed by atoms with Crippen molar-refractivity contribution >= 4 is 17.5 Å². The van der Waals surface area contributed by atoms with E-state index >= 15 is 0 Å². The van der Waals surface area contributed by atoms with Crippen molar-refractivity contribution in [3.63, 3.8) is 0 Å². The van der Waals surface area contributed by atoms with Gasteiger partial charge in [0, 0.05) is 5.69 Å². The van der Waals surface area contributed by atoms with E-state index in [9.17, 15) is 4.39 Å². The summed E-state index contributed by atoms with van der Waals surface area (Å²) in [6.45, 7) is 4.20. The van der Waals surface area contributed by atoms with Gasteiger partial charge < -0.3 is 11.1 Å². The average molecular weight is 246 g/mol. The Hall–Kier alpha value is -2.17. The Morgan fingerprint density at radius 1 is 1.33 bits per heavy atom. The Balaban J connectivity index is 2.28. The Morgan fingerprint density at radius 2 is 2.11 bits per heavy atom. The summed E-state index contributed by atoms with van der Waals surface area (Å²) in [5.41, 5.74) is 7.38. The normalized spacial score (nSPS) is 10.7. The lowest BCUT2D eigenvalue weighted by Crippen LogP contribution is -2.02. The van der Waals surface area contributed by atoms with E-state index in [0.29, 0.717) is 5.92 Å². The number of nitrogens with two attached hydrogens (primary N) is 1. The summed E-state index contributed by atoms with van der Waals surface area (Å²) in [6.07, 6.45) is 1.05. The van der Waals surface area contributed by atoms with Gasteiger partial charge in [-0.15, -0.1) is 0 Å². The van der Waals surface area contributed by atoms with E-state index in [2.05, 4.69) is 29.1 Å². The van der Waals surface area contributed by atoms with Crippen LogP contribution in [0.4, 0.5) is 21.8 Å². The number of nitrogens with one attached hydrogen (secondary N) is 1. The summed E-state index contributed by atoms with van der Waals surface area (Å²) in [5, 5.41) is 2.90. The predicted octanol–water partition coefficient (Wildman–Crippen LogP) is 3.06. The zero-order valence-corrected chi connectivity index (χ0v) is 10.3. The Labute approximate surface area is 105 Å². The maximum atomic E-state index is 13.5. The number of hydrogen-bond acceptors (Lipinski definition) is 4. The van der Waals surface area contributed by atoms with E-state index in [-0.39, 0.29) is 11.8 Å². The van der Waals surface area contributed by atoms with Gasteiger partial charge in [-0.3, -0.25) is 0 Å². The summed E-state index contributed by atoms with van der Waals surface area (Å²) in [4.78, 5) is 7.40. The molecule has 94 valence electrons. The van der Waals surface area contributed by atoms with Gasteiger partial charge in [-0.1, -0.05) is 26.0 Å². The zero-order chi connectivity index (χ0) is 13.1. The Morgan fingerprint density at radius 3 is 2.83 bits per heavy atom. The fraction of sp³-hybridized carbons (Fsp3) is 0.231. The minimum atomic E-state index is -0.529. The molecule has 0 bridgehead atoms. The SMILES string of the molecule is CC(C)c1cccc(Nc2nc(N)ncc2F)c1. The van der Waals surface area contributed by atoms with Gasteiger partial charge in [0.25, 0.3) is 0 Å². The van der Waals surface area contributed by atoms with E-state index in [0.717, 1.165) is 11.9 Å². The quantitative estimate of drug-likeness (QED) is 0.873. The van der Waals surface area contributed by atoms with Crippen LogP contribution >= 0.6 is 0 Å². The molecule has 18 heavy (non-hydrogen) atoms. The van der Waals surface area contributed by atoms with E-state index in [1.165, 1.54) is 5.56 Å². The molecule has 0 radical (unpaired) electrons. The molecule has 0 fully saturated rings. The summed E-state index contributed by atoms with van der Waals surface area (Å²) >= 11 is 0. The maximum absolute atomic E-state index is 13.5. The van der Waals surface area contributed by atoms with Gasteiger partial charge in [-0.05, 0) is 23.6 Å². The molecule has 0 saturated heterocycles. The lowest BCUT2D eigenvalue weighted by molar-refractivity contribution is 0.620. The van der Waals surface area contributed by atoms with Gasteiger partial charge in [0.2, 0.25) is 5.95 Å². The average Bonchev–Trinajstić information content (AvgIpc) is 2.34. The highest BCUT2D eigenvalue weighted by Gasteiger charge is 2.06. The first kappa shape index (κ1) is 12.3. The van der Waals surface area contributed by atoms with Gasteiger partial charge in [-0.25, -0.2) is 9.37 Å². The number of anilines is 3. The van der Waals surface area contributed by atoms with Crippen molar-refractivity contribution in [3.8, 4) is 0 Å². The Bertz CT molecular complexity index is 554. The number of nitrogen functional groups attached to an aromatic ring is 1. The van der Waals surface area contributed by atoms with Crippen LogP contribution in [-0.2, 0) is 0 Å². The van der Waals surface area contributed by atoms with Crippen molar-refractivity contribution < 1.29 is 4.39 Å². The van der Waals surface area contributed by atoms with Gasteiger partial charge >= 0.3 is 0 Å². The molecule has 0 aliphatic carbocycles. The topological polar surface area (TPSA) is 63.8 Å². The fourth-order valence-electron chi connectivity index (χ4n) is 1.58. The molecular weight excluding hydrogens is 231 g/mol. The van der Waals surface area contributed by atoms with Crippen molar-refractivity contribution in [1.29, 1.82) is 0 Å². The number of benzene rings is 1. The van der Waals surface area contributed by atoms with Crippen LogP contribution in [-0.4, -0.2) is 9.97 Å². The number of halogens is 1. The van der Waals surface area contributed by atoms with Crippen LogP contribution in [0, 0.1) is 5.82 Å². The molecule has 1 aromatic carbocycles. The summed E-state index contributed by atoms with van der Waals surface area (Å²) in [6, 6.07) is 7.76. The van der Waals surface area contributed by atoms with Crippen LogP contribution in [0.15, 0.2) is 30.5 Å². The van der Waals surface area contributed by atoms with Crippen LogP contribution in [0.1, 0.15) is 25.3 Å². The lowest BCUT2D eigenvalue weighted by atomic mass is 10.0. The van der Waals surface area contributed by atoms with Crippen LogP contribution in [0.3, 0.4) is 0 Å². The van der Waals surface area contributed by atoms with Gasteiger partial charge in [0.05, 0.1) is 6.20 Å². The number of aromatic nitrogens is 2. The molecule has 5 heteroatoms. The van der Waals surface area contributed by atoms with E-state index in [1.807, 2.05) is 24.3 Å². The van der Waals surface area contributed by atoms with Gasteiger partial charge in [0.1, 0.15) is 0 Å². The third-order valence-corrected chi connectivity index (χ3v) is 2.58. The second-order valence-corrected chi connectivity index (χ2v) is 4.33. The summed E-state index contributed by atoms with van der Waals surface area (Å²) in [5.74, 6) is 0.00790. The molecule has 3 N–H and O–H groups in total. The van der Waals surface area contributed by atoms with Crippen LogP contribution in [0.2, 0.25) is 0 Å². The van der Waals surface area contributed by atoms with E-state index in [1.54, 1.807) is 0 Å². The minimum absolute atomic E-state index is 0.0407. The maximum Gasteiger partial charge on any atom is 0.222 e. The number of rotatable bonds is 3. The molecule has 0 unspecified atom stereocenters. The second-order valence-electron chi connectivity index (χ2n) is 4.33. The smallest absolute Gasteiger partial charge is 0.222 e. The fourth-order valence-corrected chi connectivity index (χ4v) is 1.58. The summed E-state index contributed by atoms with van der Waals surface area (Å²) in [7, 11) is 0. The molecule has 1 aromatic heterocycles. The molecule has 4 nitrogen and oxygen atoms in total. The largest absolute Gasteiger partial charge is 0.368 e. The van der Waals surface area contributed by atoms with Crippen molar-refractivity contribution in [2.75, 3.05) is 11.1 Å². The third-order valence-electron chi connectivity index (χ3n) is 2.58. The monoisotopic (exact) mass is 246 g/mol. The van der Waals surface area contributed by atoms with Crippen molar-refractivity contribution in [1.82, 2.24) is 9.97 Å². The molecular formula is C13H15FN4. The van der Waals surface area contributed by atoms with Gasteiger partial charge in [-0.2, -0.15) is 4.98 Å². The highest BCUT2D eigenvalue weighted by atomic mass is 19.1. The third kappa shape index (κ3) is 2.74. The molecule has 0 aliphatic heterocycles. The Kier molecular flexibility index (Phi) is 3.41. The molecule has 2 rings (SSSR count). The van der Waals surface area contributed by atoms with Crippen molar-refractivity contribution in [2.45, 2.75) is 19.8 Å². The molecule has 0 atom stereocenters. The van der Waals surface area contributed by atoms with E-state index < -0.39 is 5.82 Å². The highest BCUT2D eigenvalue weighted by Crippen LogP contribution is 2.22. The predicted molar refractivity (Wildman–Crippen MR) is 70.2 cm³/mol. The van der Waals surface area contributed by atoms with Crippen LogP contribution in [0.5, 0.6) is 0 Å². The van der Waals surface area contributed by atoms with Crippen molar-refractivity contribution in [3.05, 3.63) is 41.8 Å². The van der Waals surface area contributed by atoms with Crippen molar-refractivity contribution in [2.24, 2.45) is 0 Å². The van der Waals surface area contributed by atoms with Gasteiger partial charge in [0.15, 0.2) is 11.6 Å². The first-order valence-corrected chi connectivity index (χ1v) is 5.71. The zero-order valence-electron chi connectivity index (χ0n) is 10.3. The molecule has 0 spiro atoms. The first-order chi connectivity index (χ1) is 8.56. The number of nitrogens with zero attached hydrogens (tertiary/aromatic N) is 2. The molecule has 0 aliphatic rings. The molecule has 0 amide bonds. The highest BCUT2D eigenvalue weighted by molar-refractivity contribution is 5.58. The van der Waals surface area contributed by atoms with Crippen LogP contribution in [0.25, 0.3) is 0 Å². The second kappa shape index (κ2) is 5.00. The standard InChI is InChI=1S/C13H15FN4/c1-8(2)9-4-3-5-10(6-9)17-12-11(14)7-16-13(15)18-12/h3-8H,1-2H3,(H3,15,16,17,18). The first-order valence-electron chi connectivity index (χ1n) is 5.71. The lowest BCUT2D eigenvalue weighted by Gasteiger charge is -2.10.